The number of halogens is 3. The number of nitrogens with zero attached hydrogens (tertiary/aromatic N) is 2. The fourth-order valence-corrected chi connectivity index (χ4v) is 2.30. The van der Waals surface area contributed by atoms with Gasteiger partial charge in [-0.15, -0.1) is 0 Å². The van der Waals surface area contributed by atoms with Crippen molar-refractivity contribution in [1.82, 2.24) is 9.78 Å². The SMILES string of the molecule is COCCn1ncc(Cl)c1C(O)c1cc(Cl)ccc1F. The molecule has 0 aliphatic rings. The van der Waals surface area contributed by atoms with Crippen LogP contribution in [0.2, 0.25) is 10.0 Å². The third-order valence-electron chi connectivity index (χ3n) is 2.85. The zero-order valence-corrected chi connectivity index (χ0v) is 12.2. The van der Waals surface area contributed by atoms with Crippen LogP contribution in [0.25, 0.3) is 0 Å². The first-order valence-electron chi connectivity index (χ1n) is 5.87. The van der Waals surface area contributed by atoms with Gasteiger partial charge in [-0.2, -0.15) is 5.10 Å². The first-order chi connectivity index (χ1) is 9.54. The molecule has 20 heavy (non-hydrogen) atoms. The third-order valence-corrected chi connectivity index (χ3v) is 3.38. The van der Waals surface area contributed by atoms with Gasteiger partial charge in [-0.1, -0.05) is 23.2 Å². The van der Waals surface area contributed by atoms with Crippen molar-refractivity contribution >= 4 is 23.2 Å². The average Bonchev–Trinajstić information content (AvgIpc) is 2.79. The van der Waals surface area contributed by atoms with E-state index in [0.717, 1.165) is 0 Å². The minimum absolute atomic E-state index is 0.0542. The average molecular weight is 319 g/mol. The van der Waals surface area contributed by atoms with Crippen molar-refractivity contribution < 1.29 is 14.2 Å². The van der Waals surface area contributed by atoms with Crippen LogP contribution < -0.4 is 0 Å². The van der Waals surface area contributed by atoms with Gasteiger partial charge < -0.3 is 9.84 Å². The van der Waals surface area contributed by atoms with Crippen molar-refractivity contribution in [3.63, 3.8) is 0 Å². The lowest BCUT2D eigenvalue weighted by Gasteiger charge is -2.15. The highest BCUT2D eigenvalue weighted by Crippen LogP contribution is 2.31. The highest BCUT2D eigenvalue weighted by atomic mass is 35.5. The lowest BCUT2D eigenvalue weighted by molar-refractivity contribution is 0.170. The van der Waals surface area contributed by atoms with Gasteiger partial charge in [-0.05, 0) is 18.2 Å². The Hall–Kier alpha value is -1.14. The van der Waals surface area contributed by atoms with Crippen molar-refractivity contribution in [2.24, 2.45) is 0 Å². The normalized spacial score (nSPS) is 12.7. The molecule has 0 spiro atoms. The molecule has 0 aliphatic carbocycles. The quantitative estimate of drug-likeness (QED) is 0.921. The molecule has 2 rings (SSSR count). The summed E-state index contributed by atoms with van der Waals surface area (Å²) in [6.07, 6.45) is 0.152. The molecule has 1 aromatic heterocycles. The van der Waals surface area contributed by atoms with Crippen LogP contribution in [-0.4, -0.2) is 28.6 Å². The Labute approximate surface area is 125 Å². The van der Waals surface area contributed by atoms with Crippen molar-refractivity contribution in [3.05, 3.63) is 51.5 Å². The Bertz CT molecular complexity index is 604. The van der Waals surface area contributed by atoms with Gasteiger partial charge in [0, 0.05) is 17.7 Å². The molecular weight excluding hydrogens is 306 g/mol. The Morgan fingerprint density at radius 2 is 2.20 bits per heavy atom. The van der Waals surface area contributed by atoms with Crippen LogP contribution in [0.1, 0.15) is 17.4 Å². The number of benzene rings is 1. The van der Waals surface area contributed by atoms with Gasteiger partial charge in [0.15, 0.2) is 0 Å². The molecule has 0 bridgehead atoms. The first-order valence-corrected chi connectivity index (χ1v) is 6.63. The minimum atomic E-state index is -1.25. The minimum Gasteiger partial charge on any atom is -0.383 e. The first kappa shape index (κ1) is 15.3. The number of methoxy groups -OCH3 is 1. The summed E-state index contributed by atoms with van der Waals surface area (Å²) in [5.74, 6) is -0.558. The molecule has 1 unspecified atom stereocenters. The van der Waals surface area contributed by atoms with E-state index in [2.05, 4.69) is 5.10 Å². The molecule has 0 saturated carbocycles. The summed E-state index contributed by atoms with van der Waals surface area (Å²) in [6.45, 7) is 0.799. The summed E-state index contributed by atoms with van der Waals surface area (Å²) in [4.78, 5) is 0. The molecule has 0 aliphatic heterocycles. The summed E-state index contributed by atoms with van der Waals surface area (Å²) in [5.41, 5.74) is 0.364. The Morgan fingerprint density at radius 3 is 2.90 bits per heavy atom. The summed E-state index contributed by atoms with van der Waals surface area (Å²) >= 11 is 11.9. The molecule has 1 heterocycles. The number of aliphatic hydroxyl groups excluding tert-OH is 1. The number of hydrogen-bond acceptors (Lipinski definition) is 3. The molecular formula is C13H13Cl2FN2O2. The number of ether oxygens (including phenoxy) is 1. The predicted octanol–water partition coefficient (Wildman–Crippen LogP) is 3.06. The van der Waals surface area contributed by atoms with Gasteiger partial charge in [0.05, 0.1) is 30.1 Å². The predicted molar refractivity (Wildman–Crippen MR) is 74.6 cm³/mol. The molecule has 0 amide bonds. The van der Waals surface area contributed by atoms with Crippen LogP contribution in [0.4, 0.5) is 4.39 Å². The highest BCUT2D eigenvalue weighted by molar-refractivity contribution is 6.31. The van der Waals surface area contributed by atoms with E-state index in [-0.39, 0.29) is 10.6 Å². The standard InChI is InChI=1S/C13H13Cl2FN2O2/c1-20-5-4-18-12(10(15)7-17-18)13(19)9-6-8(14)2-3-11(9)16/h2-3,6-7,13,19H,4-5H2,1H3. The van der Waals surface area contributed by atoms with Gasteiger partial charge in [-0.25, -0.2) is 4.39 Å². The van der Waals surface area contributed by atoms with Gasteiger partial charge in [0.2, 0.25) is 0 Å². The fraction of sp³-hybridized carbons (Fsp3) is 0.308. The van der Waals surface area contributed by atoms with Crippen LogP contribution in [0.5, 0.6) is 0 Å². The molecule has 1 atom stereocenters. The molecule has 0 radical (unpaired) electrons. The summed E-state index contributed by atoms with van der Waals surface area (Å²) in [6, 6.07) is 3.98. The topological polar surface area (TPSA) is 47.3 Å². The van der Waals surface area contributed by atoms with Crippen molar-refractivity contribution in [1.29, 1.82) is 0 Å². The smallest absolute Gasteiger partial charge is 0.129 e. The number of aliphatic hydroxyl groups is 1. The Kier molecular flexibility index (Phi) is 4.99. The van der Waals surface area contributed by atoms with E-state index in [1.54, 1.807) is 7.11 Å². The second-order valence-corrected chi connectivity index (χ2v) is 5.01. The lowest BCUT2D eigenvalue weighted by atomic mass is 10.1. The van der Waals surface area contributed by atoms with E-state index in [9.17, 15) is 9.50 Å². The molecule has 0 fully saturated rings. The van der Waals surface area contributed by atoms with E-state index >= 15 is 0 Å². The van der Waals surface area contributed by atoms with E-state index in [1.165, 1.54) is 29.1 Å². The highest BCUT2D eigenvalue weighted by Gasteiger charge is 2.22. The molecule has 1 N–H and O–H groups in total. The van der Waals surface area contributed by atoms with Crippen LogP contribution >= 0.6 is 23.2 Å². The maximum Gasteiger partial charge on any atom is 0.129 e. The largest absolute Gasteiger partial charge is 0.383 e. The van der Waals surface area contributed by atoms with E-state index in [1.807, 2.05) is 0 Å². The van der Waals surface area contributed by atoms with Gasteiger partial charge in [-0.3, -0.25) is 4.68 Å². The van der Waals surface area contributed by atoms with Crippen LogP contribution in [-0.2, 0) is 11.3 Å². The zero-order valence-electron chi connectivity index (χ0n) is 10.7. The number of rotatable bonds is 5. The number of hydrogen-bond donors (Lipinski definition) is 1. The second-order valence-electron chi connectivity index (χ2n) is 4.16. The van der Waals surface area contributed by atoms with E-state index in [0.29, 0.717) is 23.9 Å². The van der Waals surface area contributed by atoms with Gasteiger partial charge >= 0.3 is 0 Å². The Balaban J connectivity index is 2.39. The monoisotopic (exact) mass is 318 g/mol. The van der Waals surface area contributed by atoms with E-state index < -0.39 is 11.9 Å². The zero-order chi connectivity index (χ0) is 14.7. The van der Waals surface area contributed by atoms with Crippen LogP contribution in [0, 0.1) is 5.82 Å². The molecule has 0 saturated heterocycles. The van der Waals surface area contributed by atoms with Crippen molar-refractivity contribution in [2.45, 2.75) is 12.6 Å². The van der Waals surface area contributed by atoms with Crippen molar-refractivity contribution in [2.75, 3.05) is 13.7 Å². The molecule has 1 aromatic carbocycles. The molecule has 7 heteroatoms. The van der Waals surface area contributed by atoms with Gasteiger partial charge in [0.25, 0.3) is 0 Å². The maximum absolute atomic E-state index is 13.8. The van der Waals surface area contributed by atoms with Crippen molar-refractivity contribution in [3.8, 4) is 0 Å². The van der Waals surface area contributed by atoms with E-state index in [4.69, 9.17) is 27.9 Å². The van der Waals surface area contributed by atoms with Gasteiger partial charge in [0.1, 0.15) is 11.9 Å². The third kappa shape index (κ3) is 3.12. The summed E-state index contributed by atoms with van der Waals surface area (Å²) in [7, 11) is 1.55. The lowest BCUT2D eigenvalue weighted by Crippen LogP contribution is -2.14. The summed E-state index contributed by atoms with van der Waals surface area (Å²) in [5, 5.41) is 15.0. The summed E-state index contributed by atoms with van der Waals surface area (Å²) < 4.78 is 20.3. The molecule has 4 nitrogen and oxygen atoms in total. The maximum atomic E-state index is 13.8. The molecule has 108 valence electrons. The molecule has 2 aromatic rings. The fourth-order valence-electron chi connectivity index (χ4n) is 1.87. The van der Waals surface area contributed by atoms with Crippen LogP contribution in [0.15, 0.2) is 24.4 Å². The number of aromatic nitrogens is 2. The Morgan fingerprint density at radius 1 is 1.45 bits per heavy atom. The van der Waals surface area contributed by atoms with Crippen LogP contribution in [0.3, 0.4) is 0 Å². The second kappa shape index (κ2) is 6.54.